The van der Waals surface area contributed by atoms with E-state index in [0.29, 0.717) is 17.8 Å². The Balaban J connectivity index is 2.20. The molecule has 1 aromatic carbocycles. The van der Waals surface area contributed by atoms with Crippen LogP contribution >= 0.6 is 0 Å². The highest BCUT2D eigenvalue weighted by Gasteiger charge is 2.48. The van der Waals surface area contributed by atoms with Crippen LogP contribution < -0.4 is 16.4 Å². The molecule has 102 valence electrons. The molecular weight excluding hydrogens is 242 g/mol. The van der Waals surface area contributed by atoms with Crippen molar-refractivity contribution < 1.29 is 9.59 Å². The molecular formula is C14H19N3O2. The lowest BCUT2D eigenvalue weighted by molar-refractivity contribution is -0.120. The number of aryl methyl sites for hydroxylation is 1. The summed E-state index contributed by atoms with van der Waals surface area (Å²) < 4.78 is 0. The van der Waals surface area contributed by atoms with Crippen molar-refractivity contribution in [3.63, 3.8) is 0 Å². The summed E-state index contributed by atoms with van der Waals surface area (Å²) in [5.74, 6) is -0.220. The fourth-order valence-corrected chi connectivity index (χ4v) is 1.97. The highest BCUT2D eigenvalue weighted by molar-refractivity contribution is 6.00. The molecule has 0 bridgehead atoms. The smallest absolute Gasteiger partial charge is 0.251 e. The second-order valence-electron chi connectivity index (χ2n) is 5.05. The summed E-state index contributed by atoms with van der Waals surface area (Å²) in [5.41, 5.74) is 7.37. The summed E-state index contributed by atoms with van der Waals surface area (Å²) in [7, 11) is 1.58. The molecule has 0 heterocycles. The monoisotopic (exact) mass is 261 g/mol. The predicted octanol–water partition coefficient (Wildman–Crippen LogP) is 1.03. The first-order valence-electron chi connectivity index (χ1n) is 6.37. The van der Waals surface area contributed by atoms with Gasteiger partial charge in [-0.1, -0.05) is 6.07 Å². The van der Waals surface area contributed by atoms with Gasteiger partial charge in [0.1, 0.15) is 0 Å². The Morgan fingerprint density at radius 2 is 2.05 bits per heavy atom. The Labute approximate surface area is 112 Å². The number of carbonyl (C=O) groups is 2. The van der Waals surface area contributed by atoms with Gasteiger partial charge < -0.3 is 16.4 Å². The third-order valence-electron chi connectivity index (χ3n) is 3.70. The predicted molar refractivity (Wildman–Crippen MR) is 73.9 cm³/mol. The minimum Gasteiger partial charge on any atom is -0.355 e. The Kier molecular flexibility index (Phi) is 3.57. The third kappa shape index (κ3) is 2.61. The number of carbonyl (C=O) groups excluding carboxylic acids is 2. The highest BCUT2D eigenvalue weighted by atomic mass is 16.2. The molecule has 1 aliphatic rings. The molecule has 0 saturated heterocycles. The van der Waals surface area contributed by atoms with Crippen LogP contribution in [0, 0.1) is 12.3 Å². The van der Waals surface area contributed by atoms with Crippen molar-refractivity contribution in [2.24, 2.45) is 11.1 Å². The van der Waals surface area contributed by atoms with Crippen molar-refractivity contribution in [2.45, 2.75) is 19.8 Å². The van der Waals surface area contributed by atoms with E-state index in [0.717, 1.165) is 18.4 Å². The quantitative estimate of drug-likeness (QED) is 0.757. The van der Waals surface area contributed by atoms with Crippen molar-refractivity contribution in [1.29, 1.82) is 0 Å². The maximum atomic E-state index is 12.1. The number of nitrogens with two attached hydrogens (primary N) is 1. The van der Waals surface area contributed by atoms with Gasteiger partial charge in [0.25, 0.3) is 5.91 Å². The molecule has 0 radical (unpaired) electrons. The molecule has 1 aliphatic carbocycles. The molecule has 0 atom stereocenters. The zero-order chi connectivity index (χ0) is 14.0. The summed E-state index contributed by atoms with van der Waals surface area (Å²) in [4.78, 5) is 23.7. The standard InChI is InChI=1S/C14H19N3O2/c1-9-3-4-10(12(18)16-2)7-11(9)17-13(19)14(8-15)5-6-14/h3-4,7H,5-6,8,15H2,1-2H3,(H,16,18)(H,17,19). The molecule has 0 unspecified atom stereocenters. The fraction of sp³-hybridized carbons (Fsp3) is 0.429. The van der Waals surface area contributed by atoms with Crippen LogP contribution in [0.4, 0.5) is 5.69 Å². The zero-order valence-corrected chi connectivity index (χ0v) is 11.2. The normalized spacial score (nSPS) is 15.7. The number of rotatable bonds is 4. The molecule has 19 heavy (non-hydrogen) atoms. The summed E-state index contributed by atoms with van der Waals surface area (Å²) >= 11 is 0. The van der Waals surface area contributed by atoms with Crippen molar-refractivity contribution in [3.05, 3.63) is 29.3 Å². The molecule has 2 amide bonds. The number of hydrogen-bond donors (Lipinski definition) is 3. The summed E-state index contributed by atoms with van der Waals surface area (Å²) in [6.45, 7) is 2.26. The lowest BCUT2D eigenvalue weighted by Crippen LogP contribution is -2.31. The summed E-state index contributed by atoms with van der Waals surface area (Å²) in [5, 5.41) is 5.45. The van der Waals surface area contributed by atoms with Crippen LogP contribution in [0.2, 0.25) is 0 Å². The van der Waals surface area contributed by atoms with Gasteiger partial charge in [-0.3, -0.25) is 9.59 Å². The van der Waals surface area contributed by atoms with Crippen LogP contribution in [0.25, 0.3) is 0 Å². The van der Waals surface area contributed by atoms with Crippen LogP contribution in [0.15, 0.2) is 18.2 Å². The number of benzene rings is 1. The van der Waals surface area contributed by atoms with Gasteiger partial charge in [0.15, 0.2) is 0 Å². The first-order chi connectivity index (χ1) is 9.02. The van der Waals surface area contributed by atoms with Gasteiger partial charge in [0, 0.05) is 24.8 Å². The van der Waals surface area contributed by atoms with Crippen molar-refractivity contribution in [1.82, 2.24) is 5.32 Å². The van der Waals surface area contributed by atoms with Crippen LogP contribution in [0.1, 0.15) is 28.8 Å². The van der Waals surface area contributed by atoms with Gasteiger partial charge in [-0.25, -0.2) is 0 Å². The molecule has 0 spiro atoms. The van der Waals surface area contributed by atoms with E-state index in [9.17, 15) is 9.59 Å². The molecule has 5 nitrogen and oxygen atoms in total. The van der Waals surface area contributed by atoms with E-state index in [-0.39, 0.29) is 11.8 Å². The van der Waals surface area contributed by atoms with Crippen LogP contribution in [-0.2, 0) is 4.79 Å². The van der Waals surface area contributed by atoms with Crippen molar-refractivity contribution >= 4 is 17.5 Å². The topological polar surface area (TPSA) is 84.2 Å². The first-order valence-corrected chi connectivity index (χ1v) is 6.37. The number of nitrogens with one attached hydrogen (secondary N) is 2. The number of anilines is 1. The third-order valence-corrected chi connectivity index (χ3v) is 3.70. The van der Waals surface area contributed by atoms with E-state index in [1.54, 1.807) is 19.2 Å². The number of amides is 2. The van der Waals surface area contributed by atoms with Crippen molar-refractivity contribution in [2.75, 3.05) is 18.9 Å². The van der Waals surface area contributed by atoms with E-state index in [1.165, 1.54) is 0 Å². The molecule has 5 heteroatoms. The first kappa shape index (κ1) is 13.5. The molecule has 0 aliphatic heterocycles. The van der Waals surface area contributed by atoms with Crippen LogP contribution in [-0.4, -0.2) is 25.4 Å². The highest BCUT2D eigenvalue weighted by Crippen LogP contribution is 2.45. The second kappa shape index (κ2) is 5.01. The van der Waals surface area contributed by atoms with Gasteiger partial charge in [-0.15, -0.1) is 0 Å². The Morgan fingerprint density at radius 1 is 1.37 bits per heavy atom. The van der Waals surface area contributed by atoms with E-state index in [1.807, 2.05) is 13.0 Å². The molecule has 4 N–H and O–H groups in total. The lowest BCUT2D eigenvalue weighted by atomic mass is 10.1. The average molecular weight is 261 g/mol. The van der Waals surface area contributed by atoms with Gasteiger partial charge in [-0.05, 0) is 37.5 Å². The zero-order valence-electron chi connectivity index (χ0n) is 11.2. The molecule has 1 saturated carbocycles. The molecule has 1 fully saturated rings. The maximum Gasteiger partial charge on any atom is 0.251 e. The fourth-order valence-electron chi connectivity index (χ4n) is 1.97. The maximum absolute atomic E-state index is 12.1. The van der Waals surface area contributed by atoms with Crippen LogP contribution in [0.5, 0.6) is 0 Å². The average Bonchev–Trinajstić information content (AvgIpc) is 3.21. The lowest BCUT2D eigenvalue weighted by Gasteiger charge is -2.15. The molecule has 0 aromatic heterocycles. The molecule has 1 aromatic rings. The van der Waals surface area contributed by atoms with Crippen LogP contribution in [0.3, 0.4) is 0 Å². The minimum absolute atomic E-state index is 0.0489. The van der Waals surface area contributed by atoms with E-state index < -0.39 is 5.41 Å². The summed E-state index contributed by atoms with van der Waals surface area (Å²) in [6, 6.07) is 5.25. The Bertz CT molecular complexity index is 521. The molecule has 2 rings (SSSR count). The second-order valence-corrected chi connectivity index (χ2v) is 5.05. The largest absolute Gasteiger partial charge is 0.355 e. The Morgan fingerprint density at radius 3 is 2.58 bits per heavy atom. The van der Waals surface area contributed by atoms with Gasteiger partial charge in [0.2, 0.25) is 5.91 Å². The van der Waals surface area contributed by atoms with E-state index in [2.05, 4.69) is 10.6 Å². The number of hydrogen-bond acceptors (Lipinski definition) is 3. The van der Waals surface area contributed by atoms with Gasteiger partial charge in [0.05, 0.1) is 5.41 Å². The van der Waals surface area contributed by atoms with Crippen molar-refractivity contribution in [3.8, 4) is 0 Å². The minimum atomic E-state index is -0.393. The van der Waals surface area contributed by atoms with E-state index in [4.69, 9.17) is 5.73 Å². The Hall–Kier alpha value is -1.88. The van der Waals surface area contributed by atoms with Gasteiger partial charge in [-0.2, -0.15) is 0 Å². The van der Waals surface area contributed by atoms with Gasteiger partial charge >= 0.3 is 0 Å². The summed E-state index contributed by atoms with van der Waals surface area (Å²) in [6.07, 6.45) is 1.67. The SMILES string of the molecule is CNC(=O)c1ccc(C)c(NC(=O)C2(CN)CC2)c1. The van der Waals surface area contributed by atoms with E-state index >= 15 is 0 Å².